The molecule has 0 fully saturated rings. The minimum atomic E-state index is -0.114. The van der Waals surface area contributed by atoms with Gasteiger partial charge < -0.3 is 10.1 Å². The predicted octanol–water partition coefficient (Wildman–Crippen LogP) is -0.234. The molecule has 0 aromatic rings. The third kappa shape index (κ3) is 2.97. The van der Waals surface area contributed by atoms with Crippen LogP contribution in [0.5, 0.6) is 0 Å². The number of methoxy groups -OCH3 is 1. The van der Waals surface area contributed by atoms with Gasteiger partial charge in [0.2, 0.25) is 5.91 Å². The van der Waals surface area contributed by atoms with Crippen molar-refractivity contribution < 1.29 is 14.5 Å². The van der Waals surface area contributed by atoms with Crippen molar-refractivity contribution in [2.75, 3.05) is 13.7 Å². The summed E-state index contributed by atoms with van der Waals surface area (Å²) in [5.74, 6) is 0.421. The van der Waals surface area contributed by atoms with Crippen LogP contribution in [-0.4, -0.2) is 31.5 Å². The van der Waals surface area contributed by atoms with E-state index < -0.39 is 0 Å². The van der Waals surface area contributed by atoms with E-state index in [1.54, 1.807) is 7.11 Å². The Morgan fingerprint density at radius 3 is 3.21 bits per heavy atom. The Kier molecular flexibility index (Phi) is 4.34. The van der Waals surface area contributed by atoms with Crippen LogP contribution in [0.3, 0.4) is 0 Å². The third-order valence-corrected chi connectivity index (χ3v) is 1.88. The number of hydrogen-bond donors (Lipinski definition) is 2. The van der Waals surface area contributed by atoms with Crippen LogP contribution in [0.2, 0.25) is 0 Å². The molecular formula is C8H15N3O3. The molecule has 6 nitrogen and oxygen atoms in total. The summed E-state index contributed by atoms with van der Waals surface area (Å²) >= 11 is 0. The van der Waals surface area contributed by atoms with Crippen molar-refractivity contribution in [3.8, 4) is 0 Å². The van der Waals surface area contributed by atoms with Crippen molar-refractivity contribution in [2.45, 2.75) is 25.8 Å². The molecule has 1 aliphatic rings. The Morgan fingerprint density at radius 2 is 2.57 bits per heavy atom. The fraction of sp³-hybridized carbons (Fsp3) is 0.750. The first kappa shape index (κ1) is 10.9. The van der Waals surface area contributed by atoms with Crippen LogP contribution in [0.25, 0.3) is 0 Å². The number of nitrogens with one attached hydrogen (secondary N) is 2. The highest BCUT2D eigenvalue weighted by Gasteiger charge is 2.22. The maximum Gasteiger partial charge on any atom is 0.227 e. The fourth-order valence-electron chi connectivity index (χ4n) is 1.05. The normalized spacial score (nSPS) is 20.1. The molecule has 1 aliphatic heterocycles. The number of hydrogen-bond acceptors (Lipinski definition) is 5. The van der Waals surface area contributed by atoms with E-state index in [9.17, 15) is 4.79 Å². The smallest absolute Gasteiger partial charge is 0.227 e. The molecule has 80 valence electrons. The summed E-state index contributed by atoms with van der Waals surface area (Å²) in [6.07, 6.45) is 1.13. The fourth-order valence-corrected chi connectivity index (χ4v) is 1.05. The number of ether oxygens (including phenoxy) is 1. The zero-order valence-electron chi connectivity index (χ0n) is 8.37. The molecule has 6 heteroatoms. The van der Waals surface area contributed by atoms with Gasteiger partial charge in [-0.25, -0.2) is 0 Å². The lowest BCUT2D eigenvalue weighted by molar-refractivity contribution is -0.120. The summed E-state index contributed by atoms with van der Waals surface area (Å²) in [5, 5.41) is 6.33. The monoisotopic (exact) mass is 201 g/mol. The summed E-state index contributed by atoms with van der Waals surface area (Å²) in [7, 11) is 1.56. The van der Waals surface area contributed by atoms with Crippen molar-refractivity contribution in [1.82, 2.24) is 10.8 Å². The van der Waals surface area contributed by atoms with Gasteiger partial charge in [-0.1, -0.05) is 6.92 Å². The standard InChI is InChI=1S/C8H15N3O3/c1-3-6-8(11-14-10-6)9-7(12)4-5-13-2/h6,10H,3-5H2,1-2H3,(H,9,11,12). The molecule has 0 bridgehead atoms. The summed E-state index contributed by atoms with van der Waals surface area (Å²) in [6.45, 7) is 2.38. The first-order chi connectivity index (χ1) is 6.77. The van der Waals surface area contributed by atoms with Crippen LogP contribution in [0.4, 0.5) is 0 Å². The molecule has 0 saturated heterocycles. The van der Waals surface area contributed by atoms with Gasteiger partial charge in [0.1, 0.15) is 6.04 Å². The lowest BCUT2D eigenvalue weighted by Gasteiger charge is -2.08. The first-order valence-corrected chi connectivity index (χ1v) is 4.56. The van der Waals surface area contributed by atoms with E-state index in [1.807, 2.05) is 6.92 Å². The van der Waals surface area contributed by atoms with E-state index >= 15 is 0 Å². The number of amidine groups is 1. The van der Waals surface area contributed by atoms with Gasteiger partial charge in [-0.15, -0.1) is 5.48 Å². The van der Waals surface area contributed by atoms with Crippen molar-refractivity contribution in [1.29, 1.82) is 0 Å². The second-order valence-corrected chi connectivity index (χ2v) is 2.94. The quantitative estimate of drug-likeness (QED) is 0.658. The predicted molar refractivity (Wildman–Crippen MR) is 50.4 cm³/mol. The Hall–Kier alpha value is -1.14. The zero-order chi connectivity index (χ0) is 10.4. The largest absolute Gasteiger partial charge is 0.384 e. The average Bonchev–Trinajstić information content (AvgIpc) is 2.62. The third-order valence-electron chi connectivity index (χ3n) is 1.88. The Labute approximate surface area is 82.6 Å². The van der Waals surface area contributed by atoms with Gasteiger partial charge in [0.05, 0.1) is 13.0 Å². The highest BCUT2D eigenvalue weighted by molar-refractivity contribution is 6.01. The summed E-state index contributed by atoms with van der Waals surface area (Å²) < 4.78 is 4.78. The molecule has 1 atom stereocenters. The highest BCUT2D eigenvalue weighted by atomic mass is 16.8. The van der Waals surface area contributed by atoms with E-state index in [0.29, 0.717) is 18.9 Å². The van der Waals surface area contributed by atoms with Crippen molar-refractivity contribution in [3.05, 3.63) is 0 Å². The second kappa shape index (κ2) is 5.56. The minimum absolute atomic E-state index is 0.0264. The molecule has 1 heterocycles. The van der Waals surface area contributed by atoms with Crippen molar-refractivity contribution in [3.63, 3.8) is 0 Å². The molecule has 0 aromatic heterocycles. The molecule has 0 saturated carbocycles. The molecule has 0 aliphatic carbocycles. The van der Waals surface area contributed by atoms with Gasteiger partial charge >= 0.3 is 0 Å². The molecule has 2 N–H and O–H groups in total. The van der Waals surface area contributed by atoms with Gasteiger partial charge in [0.15, 0.2) is 5.84 Å². The van der Waals surface area contributed by atoms with Crippen molar-refractivity contribution in [2.24, 2.45) is 5.16 Å². The van der Waals surface area contributed by atoms with Crippen LogP contribution in [0.15, 0.2) is 5.16 Å². The summed E-state index contributed by atoms with van der Waals surface area (Å²) in [4.78, 5) is 15.9. The van der Waals surface area contributed by atoms with Gasteiger partial charge in [0, 0.05) is 7.11 Å². The summed E-state index contributed by atoms with van der Waals surface area (Å²) in [6, 6.07) is -0.0264. The molecule has 1 unspecified atom stereocenters. The maximum absolute atomic E-state index is 11.3. The molecule has 0 radical (unpaired) electrons. The number of carbonyl (C=O) groups excluding carboxylic acids is 1. The second-order valence-electron chi connectivity index (χ2n) is 2.94. The topological polar surface area (TPSA) is 72.0 Å². The van der Waals surface area contributed by atoms with E-state index in [2.05, 4.69) is 20.9 Å². The van der Waals surface area contributed by atoms with E-state index in [4.69, 9.17) is 4.74 Å². The molecule has 0 spiro atoms. The minimum Gasteiger partial charge on any atom is -0.384 e. The number of carbonyl (C=O) groups is 1. The zero-order valence-corrected chi connectivity index (χ0v) is 8.37. The van der Waals surface area contributed by atoms with E-state index in [-0.39, 0.29) is 11.9 Å². The number of amides is 1. The first-order valence-electron chi connectivity index (χ1n) is 4.56. The number of rotatable bonds is 4. The lowest BCUT2D eigenvalue weighted by atomic mass is 10.2. The number of nitrogens with zero attached hydrogens (tertiary/aromatic N) is 1. The van der Waals surface area contributed by atoms with Crippen LogP contribution < -0.4 is 10.8 Å². The highest BCUT2D eigenvalue weighted by Crippen LogP contribution is 2.00. The number of oxime groups is 1. The molecule has 14 heavy (non-hydrogen) atoms. The molecule has 1 amide bonds. The van der Waals surface area contributed by atoms with Crippen LogP contribution in [0, 0.1) is 0 Å². The van der Waals surface area contributed by atoms with Crippen LogP contribution in [0.1, 0.15) is 19.8 Å². The summed E-state index contributed by atoms with van der Waals surface area (Å²) in [5.41, 5.74) is 2.67. The Bertz CT molecular complexity index is 230. The lowest BCUT2D eigenvalue weighted by Crippen LogP contribution is -2.41. The van der Waals surface area contributed by atoms with Crippen molar-refractivity contribution >= 4 is 11.7 Å². The van der Waals surface area contributed by atoms with E-state index in [0.717, 1.165) is 6.42 Å². The van der Waals surface area contributed by atoms with E-state index in [1.165, 1.54) is 0 Å². The van der Waals surface area contributed by atoms with Gasteiger partial charge in [-0.05, 0) is 11.6 Å². The maximum atomic E-state index is 11.3. The van der Waals surface area contributed by atoms with Crippen LogP contribution in [-0.2, 0) is 14.5 Å². The molecule has 0 aromatic carbocycles. The van der Waals surface area contributed by atoms with Crippen LogP contribution >= 0.6 is 0 Å². The van der Waals surface area contributed by atoms with Gasteiger partial charge in [-0.3, -0.25) is 9.73 Å². The van der Waals surface area contributed by atoms with Gasteiger partial charge in [-0.2, -0.15) is 0 Å². The Morgan fingerprint density at radius 1 is 1.79 bits per heavy atom. The SMILES string of the molecule is CCC1NON=C1NC(=O)CCOC. The average molecular weight is 201 g/mol. The number of hydroxylamine groups is 1. The Balaban J connectivity index is 2.32. The molecule has 1 rings (SSSR count). The molecular weight excluding hydrogens is 186 g/mol. The van der Waals surface area contributed by atoms with Gasteiger partial charge in [0.25, 0.3) is 0 Å².